The molecule has 1 atom stereocenters. The second kappa shape index (κ2) is 9.03. The summed E-state index contributed by atoms with van der Waals surface area (Å²) in [6.07, 6.45) is 5.63. The summed E-state index contributed by atoms with van der Waals surface area (Å²) in [5.41, 5.74) is 3.09. The Balaban J connectivity index is 1.41. The maximum absolute atomic E-state index is 13.3. The van der Waals surface area contributed by atoms with Crippen molar-refractivity contribution in [3.8, 4) is 0 Å². The minimum absolute atomic E-state index is 0.137. The summed E-state index contributed by atoms with van der Waals surface area (Å²) in [6.45, 7) is 5.22. The monoisotopic (exact) mass is 424 g/mol. The zero-order valence-electron chi connectivity index (χ0n) is 19.4. The fraction of sp³-hybridized carbons (Fsp3) is 0.600. The quantitative estimate of drug-likeness (QED) is 0.757. The van der Waals surface area contributed by atoms with Gasteiger partial charge in [-0.2, -0.15) is 0 Å². The molecule has 2 fully saturated rings. The molecule has 0 saturated carbocycles. The zero-order chi connectivity index (χ0) is 22.1. The molecule has 3 heterocycles. The number of hydrogen-bond donors (Lipinski definition) is 0. The van der Waals surface area contributed by atoms with E-state index in [9.17, 15) is 9.59 Å². The van der Waals surface area contributed by atoms with Crippen LogP contribution in [0.4, 0.5) is 0 Å². The molecule has 2 amide bonds. The van der Waals surface area contributed by atoms with Crippen LogP contribution < -0.4 is 0 Å². The van der Waals surface area contributed by atoms with Crippen LogP contribution in [0, 0.1) is 12.8 Å². The van der Waals surface area contributed by atoms with Crippen LogP contribution >= 0.6 is 0 Å². The molecule has 0 aliphatic carbocycles. The van der Waals surface area contributed by atoms with Gasteiger partial charge >= 0.3 is 0 Å². The van der Waals surface area contributed by atoms with E-state index < -0.39 is 0 Å². The molecule has 6 nitrogen and oxygen atoms in total. The Hall–Kier alpha value is -2.34. The largest absolute Gasteiger partial charge is 0.348 e. The summed E-state index contributed by atoms with van der Waals surface area (Å²) >= 11 is 0. The van der Waals surface area contributed by atoms with Gasteiger partial charge in [0.25, 0.3) is 5.91 Å². The number of amides is 2. The molecule has 0 unspecified atom stereocenters. The van der Waals surface area contributed by atoms with Crippen molar-refractivity contribution in [2.75, 3.05) is 40.3 Å². The summed E-state index contributed by atoms with van der Waals surface area (Å²) in [6, 6.07) is 8.84. The SMILES string of the molecule is Cc1ccc2c(c1)cc(C(=O)N1CCC([C@@H]3CCCCN3CC(=O)N(C)C)CC1)n2C. The zero-order valence-corrected chi connectivity index (χ0v) is 19.4. The average molecular weight is 425 g/mol. The lowest BCUT2D eigenvalue weighted by Crippen LogP contribution is -2.51. The van der Waals surface area contributed by atoms with Crippen molar-refractivity contribution >= 4 is 22.7 Å². The van der Waals surface area contributed by atoms with Crippen molar-refractivity contribution in [2.24, 2.45) is 13.0 Å². The van der Waals surface area contributed by atoms with Gasteiger partial charge in [-0.3, -0.25) is 14.5 Å². The molecular formula is C25H36N4O2. The van der Waals surface area contributed by atoms with Gasteiger partial charge in [0.1, 0.15) is 5.69 Å². The first kappa shape index (κ1) is 21.9. The number of piperidine rings is 2. The van der Waals surface area contributed by atoms with Crippen molar-refractivity contribution in [2.45, 2.75) is 45.1 Å². The number of aryl methyl sites for hydroxylation is 2. The second-order valence-corrected chi connectivity index (χ2v) is 9.60. The van der Waals surface area contributed by atoms with E-state index in [-0.39, 0.29) is 11.8 Å². The van der Waals surface area contributed by atoms with Crippen molar-refractivity contribution < 1.29 is 9.59 Å². The number of benzene rings is 1. The van der Waals surface area contributed by atoms with Crippen LogP contribution in [0.15, 0.2) is 24.3 Å². The molecule has 31 heavy (non-hydrogen) atoms. The summed E-state index contributed by atoms with van der Waals surface area (Å²) in [4.78, 5) is 31.7. The second-order valence-electron chi connectivity index (χ2n) is 9.60. The maximum atomic E-state index is 13.3. The van der Waals surface area contributed by atoms with E-state index in [1.807, 2.05) is 36.7 Å². The molecule has 1 aromatic carbocycles. The first-order valence-corrected chi connectivity index (χ1v) is 11.6. The van der Waals surface area contributed by atoms with E-state index in [1.54, 1.807) is 4.90 Å². The van der Waals surface area contributed by atoms with E-state index in [4.69, 9.17) is 0 Å². The number of carbonyl (C=O) groups excluding carboxylic acids is 2. The molecule has 0 N–H and O–H groups in total. The van der Waals surface area contributed by atoms with Gasteiger partial charge in [-0.1, -0.05) is 18.1 Å². The van der Waals surface area contributed by atoms with Crippen LogP contribution in [0.1, 0.15) is 48.2 Å². The van der Waals surface area contributed by atoms with Crippen LogP contribution in [0.5, 0.6) is 0 Å². The van der Waals surface area contributed by atoms with Crippen molar-refractivity contribution in [1.82, 2.24) is 19.3 Å². The third-order valence-corrected chi connectivity index (χ3v) is 7.29. The normalized spacial score (nSPS) is 20.9. The van der Waals surface area contributed by atoms with Crippen molar-refractivity contribution in [3.05, 3.63) is 35.5 Å². The highest BCUT2D eigenvalue weighted by Gasteiger charge is 2.34. The molecule has 2 saturated heterocycles. The lowest BCUT2D eigenvalue weighted by atomic mass is 9.83. The van der Waals surface area contributed by atoms with Gasteiger partial charge in [-0.25, -0.2) is 0 Å². The molecule has 2 aliphatic rings. The van der Waals surface area contributed by atoms with Crippen molar-refractivity contribution in [3.63, 3.8) is 0 Å². The van der Waals surface area contributed by atoms with Crippen LogP contribution in [-0.4, -0.2) is 77.4 Å². The van der Waals surface area contributed by atoms with Gasteiger partial charge in [0, 0.05) is 51.2 Å². The molecule has 2 aliphatic heterocycles. The van der Waals surface area contributed by atoms with Gasteiger partial charge in [0.05, 0.1) is 6.54 Å². The number of fused-ring (bicyclic) bond motifs is 1. The number of nitrogens with zero attached hydrogens (tertiary/aromatic N) is 4. The molecule has 0 radical (unpaired) electrons. The Bertz CT molecular complexity index is 956. The first-order chi connectivity index (χ1) is 14.8. The molecular weight excluding hydrogens is 388 g/mol. The molecule has 4 rings (SSSR count). The Morgan fingerprint density at radius 3 is 2.48 bits per heavy atom. The Morgan fingerprint density at radius 2 is 1.77 bits per heavy atom. The van der Waals surface area contributed by atoms with Crippen LogP contribution in [0.25, 0.3) is 10.9 Å². The van der Waals surface area contributed by atoms with Crippen LogP contribution in [0.3, 0.4) is 0 Å². The third kappa shape index (κ3) is 4.49. The lowest BCUT2D eigenvalue weighted by Gasteiger charge is -2.43. The fourth-order valence-electron chi connectivity index (χ4n) is 5.39. The smallest absolute Gasteiger partial charge is 0.270 e. The van der Waals surface area contributed by atoms with Crippen LogP contribution in [-0.2, 0) is 11.8 Å². The minimum Gasteiger partial charge on any atom is -0.348 e. The van der Waals surface area contributed by atoms with Gasteiger partial charge in [0.2, 0.25) is 5.91 Å². The Kier molecular flexibility index (Phi) is 6.37. The summed E-state index contributed by atoms with van der Waals surface area (Å²) in [7, 11) is 5.65. The number of carbonyl (C=O) groups is 2. The predicted molar refractivity (Wildman–Crippen MR) is 124 cm³/mol. The van der Waals surface area contributed by atoms with Gasteiger partial charge < -0.3 is 14.4 Å². The highest BCUT2D eigenvalue weighted by atomic mass is 16.2. The third-order valence-electron chi connectivity index (χ3n) is 7.29. The predicted octanol–water partition coefficient (Wildman–Crippen LogP) is 3.28. The molecule has 168 valence electrons. The number of rotatable bonds is 4. The van der Waals surface area contributed by atoms with Gasteiger partial charge in [0.15, 0.2) is 0 Å². The minimum atomic E-state index is 0.137. The molecule has 1 aromatic heterocycles. The number of likely N-dealkylation sites (N-methyl/N-ethyl adjacent to an activating group) is 1. The lowest BCUT2D eigenvalue weighted by molar-refractivity contribution is -0.131. The average Bonchev–Trinajstić information content (AvgIpc) is 3.09. The van der Waals surface area contributed by atoms with E-state index >= 15 is 0 Å². The molecule has 0 spiro atoms. The van der Waals surface area contributed by atoms with Crippen molar-refractivity contribution in [1.29, 1.82) is 0 Å². The maximum Gasteiger partial charge on any atom is 0.270 e. The number of likely N-dealkylation sites (tertiary alicyclic amines) is 2. The summed E-state index contributed by atoms with van der Waals surface area (Å²) in [5, 5.41) is 1.13. The van der Waals surface area contributed by atoms with E-state index in [0.29, 0.717) is 18.5 Å². The molecule has 0 bridgehead atoms. The summed E-state index contributed by atoms with van der Waals surface area (Å²) < 4.78 is 2.03. The van der Waals surface area contributed by atoms with E-state index in [1.165, 1.54) is 24.8 Å². The summed E-state index contributed by atoms with van der Waals surface area (Å²) in [5.74, 6) is 0.887. The topological polar surface area (TPSA) is 48.8 Å². The van der Waals surface area contributed by atoms with E-state index in [0.717, 1.165) is 49.1 Å². The standard InChI is InChI=1S/C25H36N4O2/c1-18-8-9-21-20(15-18)16-23(27(21)4)25(31)28-13-10-19(11-14-28)22-7-5-6-12-29(22)17-24(30)26(2)3/h8-9,15-16,19,22H,5-7,10-14,17H2,1-4H3/t22-/m0/s1. The molecule has 2 aromatic rings. The fourth-order valence-corrected chi connectivity index (χ4v) is 5.39. The Labute approximate surface area is 185 Å². The molecule has 6 heteroatoms. The van der Waals surface area contributed by atoms with E-state index in [2.05, 4.69) is 30.0 Å². The Morgan fingerprint density at radius 1 is 1.03 bits per heavy atom. The number of hydrogen-bond acceptors (Lipinski definition) is 3. The van der Waals surface area contributed by atoms with Gasteiger partial charge in [-0.15, -0.1) is 0 Å². The van der Waals surface area contributed by atoms with Gasteiger partial charge in [-0.05, 0) is 63.3 Å². The number of aromatic nitrogens is 1. The highest BCUT2D eigenvalue weighted by molar-refractivity contribution is 5.98. The first-order valence-electron chi connectivity index (χ1n) is 11.6. The van der Waals surface area contributed by atoms with Crippen LogP contribution in [0.2, 0.25) is 0 Å². The highest BCUT2D eigenvalue weighted by Crippen LogP contribution is 2.31.